The Hall–Kier alpha value is -1.47. The van der Waals surface area contributed by atoms with Crippen molar-refractivity contribution < 1.29 is 4.79 Å². The van der Waals surface area contributed by atoms with E-state index in [4.69, 9.17) is 0 Å². The molecule has 18 heavy (non-hydrogen) atoms. The van der Waals surface area contributed by atoms with Crippen LogP contribution in [0, 0.1) is 0 Å². The van der Waals surface area contributed by atoms with Crippen LogP contribution in [0.15, 0.2) is 28.3 Å². The minimum Gasteiger partial charge on any atom is -0.372 e. The summed E-state index contributed by atoms with van der Waals surface area (Å²) in [5, 5.41) is 8.45. The van der Waals surface area contributed by atoms with Crippen LogP contribution in [-0.2, 0) is 6.54 Å². The van der Waals surface area contributed by atoms with Crippen LogP contribution in [0.3, 0.4) is 0 Å². The molecule has 5 nitrogen and oxygen atoms in total. The Bertz CT molecular complexity index is 544. The SMILES string of the molecule is CNc1ncc(Br)cc1C(=O)NCc1nccs1. The van der Waals surface area contributed by atoms with Crippen LogP contribution in [0.5, 0.6) is 0 Å². The smallest absolute Gasteiger partial charge is 0.255 e. The van der Waals surface area contributed by atoms with Crippen molar-refractivity contribution in [3.05, 3.63) is 38.9 Å². The van der Waals surface area contributed by atoms with Crippen molar-refractivity contribution in [2.24, 2.45) is 0 Å². The zero-order chi connectivity index (χ0) is 13.0. The lowest BCUT2D eigenvalue weighted by atomic mass is 10.2. The number of hydrogen-bond acceptors (Lipinski definition) is 5. The first kappa shape index (κ1) is 13.0. The van der Waals surface area contributed by atoms with Crippen molar-refractivity contribution in [1.29, 1.82) is 0 Å². The van der Waals surface area contributed by atoms with E-state index in [2.05, 4.69) is 36.5 Å². The topological polar surface area (TPSA) is 66.9 Å². The van der Waals surface area contributed by atoms with Crippen molar-refractivity contribution in [2.45, 2.75) is 6.54 Å². The van der Waals surface area contributed by atoms with Crippen LogP contribution in [0.4, 0.5) is 5.82 Å². The average molecular weight is 327 g/mol. The monoisotopic (exact) mass is 326 g/mol. The van der Waals surface area contributed by atoms with Crippen LogP contribution in [-0.4, -0.2) is 22.9 Å². The van der Waals surface area contributed by atoms with Gasteiger partial charge in [-0.1, -0.05) is 0 Å². The van der Waals surface area contributed by atoms with E-state index in [-0.39, 0.29) is 5.91 Å². The molecule has 0 aliphatic carbocycles. The molecule has 7 heteroatoms. The number of nitrogens with one attached hydrogen (secondary N) is 2. The molecule has 1 amide bonds. The predicted molar refractivity (Wildman–Crippen MR) is 74.8 cm³/mol. The number of amides is 1. The summed E-state index contributed by atoms with van der Waals surface area (Å²) in [6.45, 7) is 0.423. The standard InChI is InChI=1S/C11H11BrN4OS/c1-13-10-8(4-7(12)5-15-10)11(17)16-6-9-14-2-3-18-9/h2-5H,6H2,1H3,(H,13,15)(H,16,17). The molecular weight excluding hydrogens is 316 g/mol. The Kier molecular flexibility index (Phi) is 4.27. The molecule has 2 heterocycles. The zero-order valence-corrected chi connectivity index (χ0v) is 12.0. The molecule has 2 N–H and O–H groups in total. The Morgan fingerprint density at radius 1 is 1.50 bits per heavy atom. The highest BCUT2D eigenvalue weighted by atomic mass is 79.9. The molecule has 2 rings (SSSR count). The van der Waals surface area contributed by atoms with E-state index >= 15 is 0 Å². The second-order valence-corrected chi connectivity index (χ2v) is 5.30. The van der Waals surface area contributed by atoms with E-state index in [1.807, 2.05) is 5.38 Å². The third-order valence-electron chi connectivity index (χ3n) is 2.22. The van der Waals surface area contributed by atoms with Gasteiger partial charge in [0.25, 0.3) is 5.91 Å². The number of halogens is 1. The molecule has 0 radical (unpaired) electrons. The lowest BCUT2D eigenvalue weighted by molar-refractivity contribution is 0.0951. The number of thiazole rings is 1. The summed E-state index contributed by atoms with van der Waals surface area (Å²) in [4.78, 5) is 20.3. The van der Waals surface area contributed by atoms with Crippen LogP contribution in [0.1, 0.15) is 15.4 Å². The summed E-state index contributed by atoms with van der Waals surface area (Å²) in [5.74, 6) is 0.373. The summed E-state index contributed by atoms with van der Waals surface area (Å²) in [5.41, 5.74) is 0.503. The van der Waals surface area contributed by atoms with Gasteiger partial charge in [-0.2, -0.15) is 0 Å². The number of hydrogen-bond donors (Lipinski definition) is 2. The van der Waals surface area contributed by atoms with Gasteiger partial charge in [0.05, 0.1) is 12.1 Å². The number of carbonyl (C=O) groups is 1. The summed E-state index contributed by atoms with van der Waals surface area (Å²) in [6.07, 6.45) is 3.36. The Labute approximate surface area is 117 Å². The van der Waals surface area contributed by atoms with E-state index in [0.29, 0.717) is 17.9 Å². The van der Waals surface area contributed by atoms with E-state index in [1.54, 1.807) is 25.5 Å². The summed E-state index contributed by atoms with van der Waals surface area (Å²) < 4.78 is 0.765. The minimum atomic E-state index is -0.177. The summed E-state index contributed by atoms with van der Waals surface area (Å²) >= 11 is 4.81. The van der Waals surface area contributed by atoms with Gasteiger partial charge in [0.15, 0.2) is 0 Å². The zero-order valence-electron chi connectivity index (χ0n) is 9.61. The predicted octanol–water partition coefficient (Wildman–Crippen LogP) is 2.27. The highest BCUT2D eigenvalue weighted by Gasteiger charge is 2.12. The third-order valence-corrected chi connectivity index (χ3v) is 3.43. The molecule has 2 aromatic rings. The number of rotatable bonds is 4. The minimum absolute atomic E-state index is 0.177. The number of anilines is 1. The maximum atomic E-state index is 12.0. The van der Waals surface area contributed by atoms with Crippen molar-refractivity contribution in [2.75, 3.05) is 12.4 Å². The molecule has 2 aromatic heterocycles. The number of nitrogens with zero attached hydrogens (tertiary/aromatic N) is 2. The highest BCUT2D eigenvalue weighted by molar-refractivity contribution is 9.10. The molecular formula is C11H11BrN4OS. The summed E-state index contributed by atoms with van der Waals surface area (Å²) in [7, 11) is 1.73. The highest BCUT2D eigenvalue weighted by Crippen LogP contribution is 2.17. The quantitative estimate of drug-likeness (QED) is 0.904. The molecule has 0 saturated carbocycles. The molecule has 0 saturated heterocycles. The molecule has 0 spiro atoms. The Morgan fingerprint density at radius 3 is 3.00 bits per heavy atom. The van der Waals surface area contributed by atoms with E-state index < -0.39 is 0 Å². The van der Waals surface area contributed by atoms with Crippen molar-refractivity contribution in [3.8, 4) is 0 Å². The van der Waals surface area contributed by atoms with Crippen LogP contribution in [0.25, 0.3) is 0 Å². The van der Waals surface area contributed by atoms with Gasteiger partial charge in [0.1, 0.15) is 10.8 Å². The largest absolute Gasteiger partial charge is 0.372 e. The van der Waals surface area contributed by atoms with Gasteiger partial charge in [-0.3, -0.25) is 4.79 Å². The fourth-order valence-electron chi connectivity index (χ4n) is 1.40. The fraction of sp³-hybridized carbons (Fsp3) is 0.182. The lowest BCUT2D eigenvalue weighted by Gasteiger charge is -2.08. The second kappa shape index (κ2) is 5.92. The molecule has 0 aromatic carbocycles. The van der Waals surface area contributed by atoms with Gasteiger partial charge in [0, 0.05) is 29.3 Å². The fourth-order valence-corrected chi connectivity index (χ4v) is 2.29. The molecule has 0 aliphatic heterocycles. The first-order chi connectivity index (χ1) is 8.70. The maximum absolute atomic E-state index is 12.0. The third kappa shape index (κ3) is 3.05. The Balaban J connectivity index is 2.10. The second-order valence-electron chi connectivity index (χ2n) is 3.41. The van der Waals surface area contributed by atoms with Crippen LogP contribution in [0.2, 0.25) is 0 Å². The van der Waals surface area contributed by atoms with E-state index in [0.717, 1.165) is 9.48 Å². The van der Waals surface area contributed by atoms with Gasteiger partial charge in [-0.15, -0.1) is 11.3 Å². The number of carbonyl (C=O) groups excluding carboxylic acids is 1. The molecule has 0 fully saturated rings. The molecule has 94 valence electrons. The van der Waals surface area contributed by atoms with Crippen LogP contribution >= 0.6 is 27.3 Å². The molecule has 0 aliphatic rings. The van der Waals surface area contributed by atoms with Crippen molar-refractivity contribution in [1.82, 2.24) is 15.3 Å². The summed E-state index contributed by atoms with van der Waals surface area (Å²) in [6, 6.07) is 1.73. The van der Waals surface area contributed by atoms with E-state index in [9.17, 15) is 4.79 Å². The maximum Gasteiger partial charge on any atom is 0.255 e. The first-order valence-corrected chi connectivity index (χ1v) is 6.88. The van der Waals surface area contributed by atoms with E-state index in [1.165, 1.54) is 11.3 Å². The normalized spacial score (nSPS) is 10.1. The lowest BCUT2D eigenvalue weighted by Crippen LogP contribution is -2.24. The van der Waals surface area contributed by atoms with Gasteiger partial charge in [-0.25, -0.2) is 9.97 Å². The molecule has 0 atom stereocenters. The number of aromatic nitrogens is 2. The van der Waals surface area contributed by atoms with Gasteiger partial charge in [0.2, 0.25) is 0 Å². The first-order valence-electron chi connectivity index (χ1n) is 5.20. The van der Waals surface area contributed by atoms with Gasteiger partial charge < -0.3 is 10.6 Å². The molecule has 0 bridgehead atoms. The van der Waals surface area contributed by atoms with Gasteiger partial charge >= 0.3 is 0 Å². The average Bonchev–Trinajstić information content (AvgIpc) is 2.89. The van der Waals surface area contributed by atoms with Crippen molar-refractivity contribution in [3.63, 3.8) is 0 Å². The Morgan fingerprint density at radius 2 is 2.33 bits per heavy atom. The van der Waals surface area contributed by atoms with Crippen molar-refractivity contribution >= 4 is 39.0 Å². The number of pyridine rings is 1. The van der Waals surface area contributed by atoms with Gasteiger partial charge in [-0.05, 0) is 22.0 Å². The van der Waals surface area contributed by atoms with Crippen LogP contribution < -0.4 is 10.6 Å². The molecule has 0 unspecified atom stereocenters.